The fraction of sp³-hybridized carbons (Fsp3) is 0.571. The van der Waals surface area contributed by atoms with Crippen LogP contribution in [0.4, 0.5) is 5.69 Å². The lowest BCUT2D eigenvalue weighted by Crippen LogP contribution is -2.24. The lowest BCUT2D eigenvalue weighted by atomic mass is 9.93. The Labute approximate surface area is 115 Å². The molecule has 19 heavy (non-hydrogen) atoms. The van der Waals surface area contributed by atoms with Crippen molar-refractivity contribution in [1.82, 2.24) is 0 Å². The average Bonchev–Trinajstić information content (AvgIpc) is 2.70. The molecule has 0 bridgehead atoms. The summed E-state index contributed by atoms with van der Waals surface area (Å²) in [6, 6.07) is 7.14. The number of hydrogen-bond donors (Lipinski definition) is 2. The summed E-state index contributed by atoms with van der Waals surface area (Å²) in [6.07, 6.45) is 3.67. The molecule has 1 fully saturated rings. The lowest BCUT2D eigenvalue weighted by molar-refractivity contribution is 0.392. The maximum atomic E-state index is 11.2. The van der Waals surface area contributed by atoms with Crippen molar-refractivity contribution < 1.29 is 8.42 Å². The van der Waals surface area contributed by atoms with Gasteiger partial charge in [-0.1, -0.05) is 20.3 Å². The Morgan fingerprint density at radius 3 is 2.37 bits per heavy atom. The molecule has 3 unspecified atom stereocenters. The number of sulfonamides is 1. The number of anilines is 1. The molecule has 0 amide bonds. The predicted molar refractivity (Wildman–Crippen MR) is 77.4 cm³/mol. The van der Waals surface area contributed by atoms with E-state index < -0.39 is 10.0 Å². The Hall–Kier alpha value is -1.07. The highest BCUT2D eigenvalue weighted by Crippen LogP contribution is 2.35. The molecule has 0 radical (unpaired) electrons. The van der Waals surface area contributed by atoms with Gasteiger partial charge in [0.25, 0.3) is 0 Å². The molecule has 106 valence electrons. The second-order valence-corrected chi connectivity index (χ2v) is 6.99. The zero-order chi connectivity index (χ0) is 14.0. The molecular weight excluding hydrogens is 260 g/mol. The quantitative estimate of drug-likeness (QED) is 0.891. The maximum absolute atomic E-state index is 11.2. The van der Waals surface area contributed by atoms with E-state index in [4.69, 9.17) is 5.14 Å². The maximum Gasteiger partial charge on any atom is 0.238 e. The van der Waals surface area contributed by atoms with Crippen molar-refractivity contribution in [3.63, 3.8) is 0 Å². The zero-order valence-corrected chi connectivity index (χ0v) is 12.3. The third kappa shape index (κ3) is 3.28. The first kappa shape index (κ1) is 14.3. The van der Waals surface area contributed by atoms with Crippen molar-refractivity contribution in [3.05, 3.63) is 24.3 Å². The van der Waals surface area contributed by atoms with Gasteiger partial charge in [0.2, 0.25) is 10.0 Å². The van der Waals surface area contributed by atoms with Crippen LogP contribution in [0.1, 0.15) is 33.1 Å². The van der Waals surface area contributed by atoms with Gasteiger partial charge in [0, 0.05) is 11.7 Å². The second kappa shape index (κ2) is 5.51. The molecule has 0 saturated heterocycles. The van der Waals surface area contributed by atoms with E-state index in [1.807, 2.05) is 0 Å². The van der Waals surface area contributed by atoms with Crippen LogP contribution in [0.15, 0.2) is 29.2 Å². The van der Waals surface area contributed by atoms with Gasteiger partial charge in [-0.3, -0.25) is 0 Å². The van der Waals surface area contributed by atoms with E-state index in [1.165, 1.54) is 19.3 Å². The van der Waals surface area contributed by atoms with Gasteiger partial charge < -0.3 is 5.32 Å². The molecule has 0 aromatic heterocycles. The van der Waals surface area contributed by atoms with Crippen molar-refractivity contribution in [2.24, 2.45) is 17.0 Å². The van der Waals surface area contributed by atoms with Gasteiger partial charge in [0.05, 0.1) is 4.90 Å². The summed E-state index contributed by atoms with van der Waals surface area (Å²) in [5, 5.41) is 8.58. The Morgan fingerprint density at radius 2 is 1.89 bits per heavy atom. The van der Waals surface area contributed by atoms with E-state index >= 15 is 0 Å². The number of benzene rings is 1. The first-order valence-corrected chi connectivity index (χ1v) is 8.36. The van der Waals surface area contributed by atoms with Gasteiger partial charge >= 0.3 is 0 Å². The molecule has 0 spiro atoms. The highest BCUT2D eigenvalue weighted by molar-refractivity contribution is 7.89. The minimum atomic E-state index is -3.60. The standard InChI is InChI=1S/C14H22N2O2S/c1-3-11-4-9-14(10(11)2)16-12-5-7-13(8-6-12)19(15,17)18/h5-8,10-11,14,16H,3-4,9H2,1-2H3,(H2,15,17,18). The molecule has 0 heterocycles. The Balaban J connectivity index is 2.05. The summed E-state index contributed by atoms with van der Waals surface area (Å²) in [5.41, 5.74) is 0.959. The zero-order valence-electron chi connectivity index (χ0n) is 11.5. The van der Waals surface area contributed by atoms with E-state index in [-0.39, 0.29) is 4.90 Å². The van der Waals surface area contributed by atoms with Crippen LogP contribution in [-0.4, -0.2) is 14.5 Å². The van der Waals surface area contributed by atoms with Crippen molar-refractivity contribution in [1.29, 1.82) is 0 Å². The van der Waals surface area contributed by atoms with E-state index in [0.29, 0.717) is 12.0 Å². The minimum absolute atomic E-state index is 0.156. The monoisotopic (exact) mass is 282 g/mol. The van der Waals surface area contributed by atoms with Crippen molar-refractivity contribution >= 4 is 15.7 Å². The van der Waals surface area contributed by atoms with E-state index in [1.54, 1.807) is 24.3 Å². The van der Waals surface area contributed by atoms with Crippen molar-refractivity contribution in [2.75, 3.05) is 5.32 Å². The lowest BCUT2D eigenvalue weighted by Gasteiger charge is -2.22. The van der Waals surface area contributed by atoms with Crippen LogP contribution in [0.25, 0.3) is 0 Å². The van der Waals surface area contributed by atoms with Gasteiger partial charge in [-0.05, 0) is 48.9 Å². The van der Waals surface area contributed by atoms with E-state index in [2.05, 4.69) is 19.2 Å². The van der Waals surface area contributed by atoms with Crippen LogP contribution in [0.3, 0.4) is 0 Å². The van der Waals surface area contributed by atoms with Gasteiger partial charge in [0.15, 0.2) is 0 Å². The van der Waals surface area contributed by atoms with Gasteiger partial charge in [0.1, 0.15) is 0 Å². The summed E-state index contributed by atoms with van der Waals surface area (Å²) < 4.78 is 22.4. The average molecular weight is 282 g/mol. The SMILES string of the molecule is CCC1CCC(Nc2ccc(S(N)(=O)=O)cc2)C1C. The summed E-state index contributed by atoms with van der Waals surface area (Å²) in [6.45, 7) is 4.53. The normalized spacial score (nSPS) is 27.4. The molecular formula is C14H22N2O2S. The Bertz CT molecular complexity index is 525. The summed E-state index contributed by atoms with van der Waals surface area (Å²) in [7, 11) is -3.60. The molecule has 3 atom stereocenters. The first-order valence-electron chi connectivity index (χ1n) is 6.81. The molecule has 1 aromatic rings. The molecule has 1 aromatic carbocycles. The highest BCUT2D eigenvalue weighted by atomic mass is 32.2. The molecule has 5 heteroatoms. The van der Waals surface area contributed by atoms with E-state index in [0.717, 1.165) is 11.6 Å². The Morgan fingerprint density at radius 1 is 1.26 bits per heavy atom. The van der Waals surface area contributed by atoms with Crippen LogP contribution in [0.5, 0.6) is 0 Å². The van der Waals surface area contributed by atoms with Crippen LogP contribution < -0.4 is 10.5 Å². The van der Waals surface area contributed by atoms with Gasteiger partial charge in [-0.15, -0.1) is 0 Å². The smallest absolute Gasteiger partial charge is 0.238 e. The molecule has 4 nitrogen and oxygen atoms in total. The molecule has 1 saturated carbocycles. The van der Waals surface area contributed by atoms with Crippen LogP contribution in [0.2, 0.25) is 0 Å². The predicted octanol–water partition coefficient (Wildman–Crippen LogP) is 2.57. The fourth-order valence-corrected chi connectivity index (χ4v) is 3.50. The number of nitrogens with two attached hydrogens (primary N) is 1. The third-order valence-electron chi connectivity index (χ3n) is 4.29. The molecule has 2 rings (SSSR count). The van der Waals surface area contributed by atoms with E-state index in [9.17, 15) is 8.42 Å². The summed E-state index contributed by atoms with van der Waals surface area (Å²) in [5.74, 6) is 1.45. The topological polar surface area (TPSA) is 72.2 Å². The second-order valence-electron chi connectivity index (χ2n) is 5.43. The number of rotatable bonds is 4. The van der Waals surface area contributed by atoms with Crippen molar-refractivity contribution in [3.8, 4) is 0 Å². The number of hydrogen-bond acceptors (Lipinski definition) is 3. The first-order chi connectivity index (χ1) is 8.91. The van der Waals surface area contributed by atoms with Crippen LogP contribution in [-0.2, 0) is 10.0 Å². The van der Waals surface area contributed by atoms with Crippen LogP contribution >= 0.6 is 0 Å². The highest BCUT2D eigenvalue weighted by Gasteiger charge is 2.31. The summed E-state index contributed by atoms with van der Waals surface area (Å²) in [4.78, 5) is 0.156. The number of primary sulfonamides is 1. The molecule has 3 N–H and O–H groups in total. The largest absolute Gasteiger partial charge is 0.382 e. The van der Waals surface area contributed by atoms with Gasteiger partial charge in [-0.2, -0.15) is 0 Å². The molecule has 1 aliphatic carbocycles. The number of nitrogens with one attached hydrogen (secondary N) is 1. The van der Waals surface area contributed by atoms with Crippen LogP contribution in [0, 0.1) is 11.8 Å². The molecule has 1 aliphatic rings. The van der Waals surface area contributed by atoms with Crippen molar-refractivity contribution in [2.45, 2.75) is 44.0 Å². The third-order valence-corrected chi connectivity index (χ3v) is 5.22. The van der Waals surface area contributed by atoms with Gasteiger partial charge in [-0.25, -0.2) is 13.6 Å². The Kier molecular flexibility index (Phi) is 4.16. The molecule has 0 aliphatic heterocycles. The fourth-order valence-electron chi connectivity index (χ4n) is 2.98. The summed E-state index contributed by atoms with van der Waals surface area (Å²) >= 11 is 0. The minimum Gasteiger partial charge on any atom is -0.382 e.